The molecular formula is C14H11BrF2N2O2S2. The van der Waals surface area contributed by atoms with Crippen LogP contribution in [0.5, 0.6) is 0 Å². The van der Waals surface area contributed by atoms with Crippen LogP contribution in [0, 0.1) is 18.6 Å². The highest BCUT2D eigenvalue weighted by Gasteiger charge is 2.17. The molecule has 0 unspecified atom stereocenters. The number of hydrogen-bond donors (Lipinski definition) is 2. The molecule has 0 aliphatic rings. The zero-order chi connectivity index (χ0) is 17.1. The first-order valence-electron chi connectivity index (χ1n) is 6.23. The number of halogens is 3. The second-order valence-corrected chi connectivity index (χ2v) is 6.93. The number of carbonyl (C=O) groups excluding carboxylic acids is 1. The SMILES string of the molecule is COC(=O)c1cc(C)sc1NC(=S)Nc1c(F)cc(F)cc1Br. The fourth-order valence-corrected chi connectivity index (χ4v) is 3.46. The third-order valence-electron chi connectivity index (χ3n) is 2.73. The van der Waals surface area contributed by atoms with Crippen molar-refractivity contribution in [1.82, 2.24) is 0 Å². The molecular weight excluding hydrogens is 410 g/mol. The lowest BCUT2D eigenvalue weighted by atomic mass is 10.3. The zero-order valence-corrected chi connectivity index (χ0v) is 15.2. The number of methoxy groups -OCH3 is 1. The van der Waals surface area contributed by atoms with Crippen LogP contribution in [0.25, 0.3) is 0 Å². The molecule has 2 aromatic rings. The fourth-order valence-electron chi connectivity index (χ4n) is 1.78. The molecule has 2 rings (SSSR count). The number of esters is 1. The molecule has 1 heterocycles. The second kappa shape index (κ2) is 7.33. The van der Waals surface area contributed by atoms with Gasteiger partial charge in [-0.15, -0.1) is 11.3 Å². The highest BCUT2D eigenvalue weighted by molar-refractivity contribution is 9.10. The Morgan fingerprint density at radius 3 is 2.61 bits per heavy atom. The molecule has 23 heavy (non-hydrogen) atoms. The molecule has 1 aromatic carbocycles. The van der Waals surface area contributed by atoms with E-state index in [0.717, 1.165) is 17.0 Å². The first-order chi connectivity index (χ1) is 10.8. The van der Waals surface area contributed by atoms with Crippen LogP contribution in [0.15, 0.2) is 22.7 Å². The van der Waals surface area contributed by atoms with Crippen LogP contribution in [0.2, 0.25) is 0 Å². The van der Waals surface area contributed by atoms with E-state index >= 15 is 0 Å². The minimum Gasteiger partial charge on any atom is -0.465 e. The van der Waals surface area contributed by atoms with Crippen LogP contribution in [0.3, 0.4) is 0 Å². The number of thiophene rings is 1. The number of ether oxygens (including phenoxy) is 1. The Balaban J connectivity index is 2.20. The van der Waals surface area contributed by atoms with E-state index in [2.05, 4.69) is 26.6 Å². The molecule has 0 fully saturated rings. The van der Waals surface area contributed by atoms with Crippen molar-refractivity contribution in [3.8, 4) is 0 Å². The van der Waals surface area contributed by atoms with E-state index in [9.17, 15) is 13.6 Å². The van der Waals surface area contributed by atoms with Crippen molar-refractivity contribution in [2.75, 3.05) is 17.7 Å². The van der Waals surface area contributed by atoms with Gasteiger partial charge in [0, 0.05) is 15.4 Å². The maximum atomic E-state index is 13.8. The Morgan fingerprint density at radius 1 is 1.30 bits per heavy atom. The molecule has 122 valence electrons. The first-order valence-corrected chi connectivity index (χ1v) is 8.25. The summed E-state index contributed by atoms with van der Waals surface area (Å²) in [5, 5.41) is 5.99. The van der Waals surface area contributed by atoms with E-state index in [1.54, 1.807) is 6.07 Å². The van der Waals surface area contributed by atoms with E-state index in [4.69, 9.17) is 17.0 Å². The quantitative estimate of drug-likeness (QED) is 0.556. The highest BCUT2D eigenvalue weighted by atomic mass is 79.9. The Kier molecular flexibility index (Phi) is 5.66. The molecule has 0 bridgehead atoms. The summed E-state index contributed by atoms with van der Waals surface area (Å²) in [6, 6.07) is 3.52. The monoisotopic (exact) mass is 420 g/mol. The van der Waals surface area contributed by atoms with Crippen molar-refractivity contribution in [3.05, 3.63) is 44.7 Å². The van der Waals surface area contributed by atoms with Crippen molar-refractivity contribution in [3.63, 3.8) is 0 Å². The van der Waals surface area contributed by atoms with Gasteiger partial charge in [-0.1, -0.05) is 0 Å². The molecule has 0 atom stereocenters. The molecule has 0 aliphatic carbocycles. The highest BCUT2D eigenvalue weighted by Crippen LogP contribution is 2.30. The van der Waals surface area contributed by atoms with Crippen LogP contribution in [-0.2, 0) is 4.74 Å². The van der Waals surface area contributed by atoms with Gasteiger partial charge in [-0.25, -0.2) is 13.6 Å². The normalized spacial score (nSPS) is 10.3. The topological polar surface area (TPSA) is 50.4 Å². The molecule has 0 saturated heterocycles. The van der Waals surface area contributed by atoms with Gasteiger partial charge < -0.3 is 15.4 Å². The first kappa shape index (κ1) is 17.8. The summed E-state index contributed by atoms with van der Waals surface area (Å²) in [6.07, 6.45) is 0. The van der Waals surface area contributed by atoms with E-state index in [0.29, 0.717) is 10.6 Å². The average molecular weight is 421 g/mol. The van der Waals surface area contributed by atoms with E-state index in [-0.39, 0.29) is 15.3 Å². The number of carbonyl (C=O) groups is 1. The van der Waals surface area contributed by atoms with Crippen molar-refractivity contribution < 1.29 is 18.3 Å². The van der Waals surface area contributed by atoms with Gasteiger partial charge in [0.25, 0.3) is 0 Å². The molecule has 9 heteroatoms. The Hall–Kier alpha value is -1.58. The van der Waals surface area contributed by atoms with Crippen LogP contribution in [0.4, 0.5) is 19.5 Å². The Morgan fingerprint density at radius 2 is 2.00 bits per heavy atom. The third-order valence-corrected chi connectivity index (χ3v) is 4.53. The molecule has 0 saturated carbocycles. The maximum absolute atomic E-state index is 13.8. The smallest absolute Gasteiger partial charge is 0.340 e. The standard InChI is InChI=1S/C14H11BrF2N2O2S2/c1-6-3-8(13(20)21-2)12(23-6)19-14(22)18-11-9(15)4-7(16)5-10(11)17/h3-5H,1-2H3,(H2,18,19,22). The van der Waals surface area contributed by atoms with Crippen molar-refractivity contribution in [2.45, 2.75) is 6.92 Å². The lowest BCUT2D eigenvalue weighted by molar-refractivity contribution is 0.0602. The largest absolute Gasteiger partial charge is 0.465 e. The number of thiocarbonyl (C=S) groups is 1. The number of anilines is 2. The van der Waals surface area contributed by atoms with Gasteiger partial charge in [-0.3, -0.25) is 0 Å². The summed E-state index contributed by atoms with van der Waals surface area (Å²) < 4.78 is 31.8. The summed E-state index contributed by atoms with van der Waals surface area (Å²) in [5.41, 5.74) is 0.328. The lowest BCUT2D eigenvalue weighted by Crippen LogP contribution is -2.21. The molecule has 2 N–H and O–H groups in total. The number of hydrogen-bond acceptors (Lipinski definition) is 4. The van der Waals surface area contributed by atoms with Gasteiger partial charge in [0.05, 0.1) is 18.4 Å². The van der Waals surface area contributed by atoms with E-state index in [1.807, 2.05) is 6.92 Å². The summed E-state index contributed by atoms with van der Waals surface area (Å²) in [6.45, 7) is 1.83. The minimum absolute atomic E-state index is 0.00297. The third kappa shape index (κ3) is 4.24. The van der Waals surface area contributed by atoms with Gasteiger partial charge in [0.2, 0.25) is 0 Å². The van der Waals surface area contributed by atoms with Crippen LogP contribution >= 0.6 is 39.5 Å². The zero-order valence-electron chi connectivity index (χ0n) is 12.0. The summed E-state index contributed by atoms with van der Waals surface area (Å²) in [7, 11) is 1.28. The van der Waals surface area contributed by atoms with Crippen LogP contribution in [-0.4, -0.2) is 18.2 Å². The molecule has 1 aromatic heterocycles. The Bertz CT molecular complexity index is 757. The van der Waals surface area contributed by atoms with E-state index in [1.165, 1.54) is 18.4 Å². The molecule has 0 spiro atoms. The molecule has 0 amide bonds. The van der Waals surface area contributed by atoms with E-state index < -0.39 is 17.6 Å². The predicted molar refractivity (Wildman–Crippen MR) is 94.3 cm³/mol. The predicted octanol–water partition coefficient (Wildman–Crippen LogP) is 4.69. The number of rotatable bonds is 3. The number of benzene rings is 1. The van der Waals surface area contributed by atoms with Crippen molar-refractivity contribution >= 4 is 61.3 Å². The average Bonchev–Trinajstić information content (AvgIpc) is 2.82. The fraction of sp³-hybridized carbons (Fsp3) is 0.143. The molecule has 0 radical (unpaired) electrons. The second-order valence-electron chi connectivity index (χ2n) is 4.41. The Labute approximate surface area is 149 Å². The summed E-state index contributed by atoms with van der Waals surface area (Å²) in [5.74, 6) is -2.01. The lowest BCUT2D eigenvalue weighted by Gasteiger charge is -2.12. The van der Waals surface area contributed by atoms with Gasteiger partial charge >= 0.3 is 5.97 Å². The molecule has 0 aliphatic heterocycles. The van der Waals surface area contributed by atoms with Gasteiger partial charge in [-0.05, 0) is 47.2 Å². The van der Waals surface area contributed by atoms with Crippen LogP contribution < -0.4 is 10.6 Å². The summed E-state index contributed by atoms with van der Waals surface area (Å²) in [4.78, 5) is 12.6. The number of nitrogens with one attached hydrogen (secondary N) is 2. The van der Waals surface area contributed by atoms with Gasteiger partial charge in [-0.2, -0.15) is 0 Å². The van der Waals surface area contributed by atoms with Gasteiger partial charge in [0.1, 0.15) is 10.8 Å². The maximum Gasteiger partial charge on any atom is 0.340 e. The minimum atomic E-state index is -0.795. The van der Waals surface area contributed by atoms with Crippen LogP contribution in [0.1, 0.15) is 15.2 Å². The number of aryl methyl sites for hydroxylation is 1. The van der Waals surface area contributed by atoms with Gasteiger partial charge in [0.15, 0.2) is 10.9 Å². The molecule has 4 nitrogen and oxygen atoms in total. The van der Waals surface area contributed by atoms with Crippen molar-refractivity contribution in [2.24, 2.45) is 0 Å². The summed E-state index contributed by atoms with van der Waals surface area (Å²) >= 11 is 9.48. The van der Waals surface area contributed by atoms with Crippen molar-refractivity contribution in [1.29, 1.82) is 0 Å².